The van der Waals surface area contributed by atoms with Crippen LogP contribution in [0, 0.1) is 0 Å². The molecule has 6 amide bonds. The van der Waals surface area contributed by atoms with Crippen LogP contribution in [-0.2, 0) is 28.8 Å². The van der Waals surface area contributed by atoms with Crippen LogP contribution >= 0.6 is 0 Å². The largest absolute Gasteiger partial charge is 0.368 e. The first-order chi connectivity index (χ1) is 13.9. The quantitative estimate of drug-likeness (QED) is 0.232. The molecular formula is C16H19N8O6. The highest BCUT2D eigenvalue weighted by atomic mass is 16.2. The molecule has 1 heterocycles. The SMILES string of the molecule is NC(=O)C1[N]C(C(N)=O)(C(N)=O)C(C(N)=O)(C(N)=O)N(c2ccccc2)C1C(N)=O. The second-order valence-corrected chi connectivity index (χ2v) is 6.41. The van der Waals surface area contributed by atoms with Crippen LogP contribution in [-0.4, -0.2) is 58.6 Å². The summed E-state index contributed by atoms with van der Waals surface area (Å²) in [6.07, 6.45) is 0. The van der Waals surface area contributed by atoms with Gasteiger partial charge in [-0.15, -0.1) is 0 Å². The summed E-state index contributed by atoms with van der Waals surface area (Å²) in [7, 11) is 0. The van der Waals surface area contributed by atoms with E-state index in [9.17, 15) is 28.8 Å². The number of carbonyl (C=O) groups is 6. The van der Waals surface area contributed by atoms with Crippen LogP contribution in [0.2, 0.25) is 0 Å². The minimum absolute atomic E-state index is 0.160. The standard InChI is InChI=1S/C16H19N8O6/c17-9(25)7-8(10(18)26)24(6-4-2-1-3-5-6)16(13(21)29,14(22)30)15(23-7,11(19)27)12(20)28/h1-5,7-8H,(H2,17,25)(H2,18,26)(H2,19,27)(H2,20,28)(H2,21,29)(H2,22,30). The topological polar surface area (TPSA) is 276 Å². The molecule has 0 saturated carbocycles. The number of nitrogens with zero attached hydrogens (tertiary/aromatic N) is 2. The van der Waals surface area contributed by atoms with Crippen LogP contribution < -0.4 is 44.6 Å². The van der Waals surface area contributed by atoms with Crippen molar-refractivity contribution in [2.45, 2.75) is 23.2 Å². The van der Waals surface area contributed by atoms with Crippen molar-refractivity contribution < 1.29 is 28.8 Å². The van der Waals surface area contributed by atoms with Crippen molar-refractivity contribution in [2.75, 3.05) is 4.90 Å². The number of benzene rings is 1. The predicted octanol–water partition coefficient (Wildman–Crippen LogP) is -5.76. The summed E-state index contributed by atoms with van der Waals surface area (Å²) in [5.41, 5.74) is 25.5. The molecule has 12 N–H and O–H groups in total. The Bertz CT molecular complexity index is 920. The lowest BCUT2D eigenvalue weighted by Gasteiger charge is -2.56. The number of rotatable bonds is 7. The van der Waals surface area contributed by atoms with Crippen LogP contribution in [0.15, 0.2) is 30.3 Å². The summed E-state index contributed by atoms with van der Waals surface area (Å²) in [6, 6.07) is 2.85. The first-order valence-corrected chi connectivity index (χ1v) is 8.22. The fraction of sp³-hybridized carbons (Fsp3) is 0.250. The van der Waals surface area contributed by atoms with Gasteiger partial charge >= 0.3 is 0 Å². The maximum Gasteiger partial charge on any atom is 0.256 e. The van der Waals surface area contributed by atoms with Gasteiger partial charge in [-0.1, -0.05) is 18.2 Å². The molecule has 14 nitrogen and oxygen atoms in total. The zero-order valence-corrected chi connectivity index (χ0v) is 15.3. The van der Waals surface area contributed by atoms with Crippen LogP contribution in [0.4, 0.5) is 5.69 Å². The monoisotopic (exact) mass is 419 g/mol. The summed E-state index contributed by atoms with van der Waals surface area (Å²) in [5, 5.41) is 3.62. The number of piperazine rings is 1. The Hall–Kier alpha value is -4.20. The minimum atomic E-state index is -3.30. The molecule has 159 valence electrons. The maximum atomic E-state index is 12.7. The Balaban J connectivity index is 3.15. The number of para-hydroxylation sites is 1. The summed E-state index contributed by atoms with van der Waals surface area (Å²) in [6.45, 7) is 0. The van der Waals surface area contributed by atoms with Crippen LogP contribution in [0.25, 0.3) is 0 Å². The Morgan fingerprint density at radius 2 is 1.20 bits per heavy atom. The van der Waals surface area contributed by atoms with Crippen molar-refractivity contribution in [3.05, 3.63) is 30.3 Å². The zero-order valence-electron chi connectivity index (χ0n) is 15.3. The molecule has 14 heteroatoms. The lowest BCUT2D eigenvalue weighted by molar-refractivity contribution is -0.157. The molecule has 0 aliphatic carbocycles. The van der Waals surface area contributed by atoms with Crippen molar-refractivity contribution in [1.82, 2.24) is 5.32 Å². The Labute approximate surface area is 168 Å². The van der Waals surface area contributed by atoms with E-state index in [2.05, 4.69) is 5.32 Å². The van der Waals surface area contributed by atoms with Gasteiger partial charge in [0.15, 0.2) is 0 Å². The fourth-order valence-corrected chi connectivity index (χ4v) is 3.66. The number of anilines is 1. The van der Waals surface area contributed by atoms with Crippen LogP contribution in [0.3, 0.4) is 0 Å². The number of amides is 6. The molecule has 1 aromatic rings. The van der Waals surface area contributed by atoms with Gasteiger partial charge in [-0.05, 0) is 12.1 Å². The molecule has 0 bridgehead atoms. The molecule has 2 atom stereocenters. The highest BCUT2D eigenvalue weighted by molar-refractivity contribution is 6.28. The molecule has 1 aliphatic rings. The number of hydrogen-bond acceptors (Lipinski definition) is 7. The molecular weight excluding hydrogens is 400 g/mol. The van der Waals surface area contributed by atoms with Crippen LogP contribution in [0.5, 0.6) is 0 Å². The van der Waals surface area contributed by atoms with Gasteiger partial charge in [-0.3, -0.25) is 28.8 Å². The predicted molar refractivity (Wildman–Crippen MR) is 99.3 cm³/mol. The van der Waals surface area contributed by atoms with E-state index in [-0.39, 0.29) is 5.69 Å². The van der Waals surface area contributed by atoms with Gasteiger partial charge in [0.25, 0.3) is 23.6 Å². The third-order valence-corrected chi connectivity index (χ3v) is 4.84. The normalized spacial score (nSPS) is 21.9. The van der Waals surface area contributed by atoms with Gasteiger partial charge in [0.1, 0.15) is 12.1 Å². The van der Waals surface area contributed by atoms with E-state index in [0.717, 1.165) is 0 Å². The van der Waals surface area contributed by atoms with Crippen molar-refractivity contribution in [1.29, 1.82) is 0 Å². The van der Waals surface area contributed by atoms with Crippen molar-refractivity contribution >= 4 is 41.1 Å². The average Bonchev–Trinajstić information content (AvgIpc) is 2.65. The maximum absolute atomic E-state index is 12.7. The number of nitrogens with two attached hydrogens (primary N) is 6. The molecule has 1 aliphatic heterocycles. The average molecular weight is 419 g/mol. The minimum Gasteiger partial charge on any atom is -0.368 e. The number of primary amides is 6. The smallest absolute Gasteiger partial charge is 0.256 e. The first-order valence-electron chi connectivity index (χ1n) is 8.22. The molecule has 2 unspecified atom stereocenters. The van der Waals surface area contributed by atoms with E-state index < -0.39 is 58.6 Å². The van der Waals surface area contributed by atoms with Gasteiger partial charge in [0.05, 0.1) is 0 Å². The Morgan fingerprint density at radius 3 is 1.53 bits per heavy atom. The molecule has 1 saturated heterocycles. The van der Waals surface area contributed by atoms with Gasteiger partial charge in [0.2, 0.25) is 22.9 Å². The zero-order chi connectivity index (χ0) is 23.0. The Kier molecular flexibility index (Phi) is 5.39. The van der Waals surface area contributed by atoms with E-state index in [1.165, 1.54) is 30.3 Å². The molecule has 1 aromatic carbocycles. The molecule has 30 heavy (non-hydrogen) atoms. The van der Waals surface area contributed by atoms with Crippen molar-refractivity contribution in [3.63, 3.8) is 0 Å². The van der Waals surface area contributed by atoms with Gasteiger partial charge < -0.3 is 39.3 Å². The van der Waals surface area contributed by atoms with E-state index in [1.807, 2.05) is 0 Å². The van der Waals surface area contributed by atoms with E-state index >= 15 is 0 Å². The van der Waals surface area contributed by atoms with E-state index in [4.69, 9.17) is 34.4 Å². The fourth-order valence-electron chi connectivity index (χ4n) is 3.66. The van der Waals surface area contributed by atoms with Crippen LogP contribution in [0.1, 0.15) is 0 Å². The first kappa shape index (κ1) is 22.1. The van der Waals surface area contributed by atoms with Gasteiger partial charge in [0, 0.05) is 5.69 Å². The third-order valence-electron chi connectivity index (χ3n) is 4.84. The third kappa shape index (κ3) is 2.69. The van der Waals surface area contributed by atoms with E-state index in [0.29, 0.717) is 4.90 Å². The summed E-state index contributed by atoms with van der Waals surface area (Å²) >= 11 is 0. The van der Waals surface area contributed by atoms with Gasteiger partial charge in [-0.2, -0.15) is 5.32 Å². The molecule has 0 aromatic heterocycles. The lowest BCUT2D eigenvalue weighted by Crippen LogP contribution is -2.92. The second kappa shape index (κ2) is 7.32. The highest BCUT2D eigenvalue weighted by Gasteiger charge is 2.77. The second-order valence-electron chi connectivity index (χ2n) is 6.41. The Morgan fingerprint density at radius 1 is 0.733 bits per heavy atom. The number of carbonyl (C=O) groups excluding carboxylic acids is 6. The van der Waals surface area contributed by atoms with Gasteiger partial charge in [-0.25, -0.2) is 0 Å². The lowest BCUT2D eigenvalue weighted by atomic mass is 9.67. The molecule has 1 radical (unpaired) electrons. The number of hydrogen-bond donors (Lipinski definition) is 6. The van der Waals surface area contributed by atoms with Crippen molar-refractivity contribution in [3.8, 4) is 0 Å². The summed E-state index contributed by atoms with van der Waals surface area (Å²) in [4.78, 5) is 75.3. The van der Waals surface area contributed by atoms with E-state index in [1.54, 1.807) is 0 Å². The highest BCUT2D eigenvalue weighted by Crippen LogP contribution is 2.41. The molecule has 1 fully saturated rings. The molecule has 0 spiro atoms. The molecule has 2 rings (SSSR count). The summed E-state index contributed by atoms with van der Waals surface area (Å²) in [5.74, 6) is -9.51. The van der Waals surface area contributed by atoms with Crippen molar-refractivity contribution in [2.24, 2.45) is 34.4 Å². The summed E-state index contributed by atoms with van der Waals surface area (Å²) < 4.78 is 0.